The molecule has 0 spiro atoms. The van der Waals surface area contributed by atoms with E-state index in [1.165, 1.54) is 51.5 Å². The Hall–Kier alpha value is -4.75. The van der Waals surface area contributed by atoms with Crippen LogP contribution in [-0.2, 0) is 0 Å². The van der Waals surface area contributed by atoms with Crippen LogP contribution >= 0.6 is 22.7 Å². The highest BCUT2D eigenvalue weighted by molar-refractivity contribution is 7.26. The highest BCUT2D eigenvalue weighted by Crippen LogP contribution is 2.44. The van der Waals surface area contributed by atoms with Crippen molar-refractivity contribution in [3.63, 3.8) is 0 Å². The van der Waals surface area contributed by atoms with Gasteiger partial charge in [-0.2, -0.15) is 5.26 Å². The largest absolute Gasteiger partial charge is 0.192 e. The van der Waals surface area contributed by atoms with Gasteiger partial charge in [-0.3, -0.25) is 0 Å². The number of hydrogen-bond donors (Lipinski definition) is 0. The summed E-state index contributed by atoms with van der Waals surface area (Å²) in [7, 11) is 0. The Morgan fingerprint density at radius 3 is 1.82 bits per heavy atom. The zero-order valence-electron chi connectivity index (χ0n) is 21.4. The molecule has 8 aromatic rings. The molecule has 0 aliphatic heterocycles. The van der Waals surface area contributed by atoms with Gasteiger partial charge in [-0.05, 0) is 75.8 Å². The molecule has 0 bridgehead atoms. The van der Waals surface area contributed by atoms with E-state index in [0.29, 0.717) is 5.56 Å². The Morgan fingerprint density at radius 2 is 1.00 bits per heavy atom. The minimum Gasteiger partial charge on any atom is -0.192 e. The van der Waals surface area contributed by atoms with Crippen LogP contribution in [0.2, 0.25) is 0 Å². The van der Waals surface area contributed by atoms with Gasteiger partial charge in [0.1, 0.15) is 0 Å². The zero-order valence-corrected chi connectivity index (χ0v) is 23.0. The smallest absolute Gasteiger partial charge is 0.0998 e. The predicted octanol–water partition coefficient (Wildman–Crippen LogP) is 11.3. The van der Waals surface area contributed by atoms with Gasteiger partial charge >= 0.3 is 0 Å². The van der Waals surface area contributed by atoms with Crippen LogP contribution in [0.4, 0.5) is 0 Å². The van der Waals surface area contributed by atoms with Crippen LogP contribution in [0.15, 0.2) is 127 Å². The van der Waals surface area contributed by atoms with E-state index in [-0.39, 0.29) is 0 Å². The molecule has 0 amide bonds. The first-order valence-corrected chi connectivity index (χ1v) is 14.9. The number of thiophene rings is 2. The maximum absolute atomic E-state index is 9.96. The normalized spacial score (nSPS) is 11.5. The average Bonchev–Trinajstić information content (AvgIpc) is 3.59. The van der Waals surface area contributed by atoms with E-state index in [1.54, 1.807) is 0 Å². The van der Waals surface area contributed by atoms with E-state index < -0.39 is 0 Å². The van der Waals surface area contributed by atoms with Crippen molar-refractivity contribution in [2.24, 2.45) is 0 Å². The molecule has 186 valence electrons. The lowest BCUT2D eigenvalue weighted by molar-refractivity contribution is 1.48. The summed E-state index contributed by atoms with van der Waals surface area (Å²) in [6, 6.07) is 47.7. The average molecular weight is 544 g/mol. The molecule has 0 atom stereocenters. The number of rotatable bonds is 3. The van der Waals surface area contributed by atoms with Crippen molar-refractivity contribution in [3.05, 3.63) is 133 Å². The fourth-order valence-corrected chi connectivity index (χ4v) is 8.29. The molecular weight excluding hydrogens is 523 g/mol. The molecule has 40 heavy (non-hydrogen) atoms. The monoisotopic (exact) mass is 543 g/mol. The van der Waals surface area contributed by atoms with Gasteiger partial charge < -0.3 is 0 Å². The summed E-state index contributed by atoms with van der Waals surface area (Å²) in [5.74, 6) is 0. The van der Waals surface area contributed by atoms with Gasteiger partial charge in [0.05, 0.1) is 11.6 Å². The van der Waals surface area contributed by atoms with Crippen LogP contribution in [-0.4, -0.2) is 0 Å². The van der Waals surface area contributed by atoms with E-state index >= 15 is 0 Å². The van der Waals surface area contributed by atoms with Crippen LogP contribution in [0, 0.1) is 11.3 Å². The Morgan fingerprint density at radius 1 is 0.450 bits per heavy atom. The summed E-state index contributed by atoms with van der Waals surface area (Å²) in [6.07, 6.45) is 0. The second kappa shape index (κ2) is 9.17. The molecule has 0 unspecified atom stereocenters. The van der Waals surface area contributed by atoms with Crippen LogP contribution in [0.25, 0.3) is 73.7 Å². The van der Waals surface area contributed by atoms with Gasteiger partial charge in [0, 0.05) is 40.3 Å². The SMILES string of the molecule is N#Cc1ccccc1-c1cc(-c2cccc3c2sc2ccccc23)cc(-c2cccc3sc4ccccc4c23)c1. The quantitative estimate of drug-likeness (QED) is 0.217. The highest BCUT2D eigenvalue weighted by Gasteiger charge is 2.16. The molecule has 1 nitrogen and oxygen atoms in total. The lowest BCUT2D eigenvalue weighted by Crippen LogP contribution is -1.89. The summed E-state index contributed by atoms with van der Waals surface area (Å²) in [5, 5.41) is 15.1. The van der Waals surface area contributed by atoms with Crippen molar-refractivity contribution in [1.82, 2.24) is 0 Å². The highest BCUT2D eigenvalue weighted by atomic mass is 32.1. The standard InChI is InChI=1S/C37H21NS2/c38-22-23-9-1-2-10-27(23)24-19-25(28-13-8-18-35-36(28)32-12-4-6-17-34(32)39-35)21-26(20-24)29-14-7-15-31-30-11-3-5-16-33(30)40-37(29)31/h1-21H. The van der Waals surface area contributed by atoms with Crippen LogP contribution in [0.5, 0.6) is 0 Å². The van der Waals surface area contributed by atoms with Crippen molar-refractivity contribution in [1.29, 1.82) is 5.26 Å². The van der Waals surface area contributed by atoms with E-state index in [9.17, 15) is 5.26 Å². The number of hydrogen-bond acceptors (Lipinski definition) is 3. The molecule has 0 aliphatic carbocycles. The van der Waals surface area contributed by atoms with E-state index in [0.717, 1.165) is 22.3 Å². The minimum atomic E-state index is 0.685. The molecular formula is C37H21NS2. The molecule has 0 radical (unpaired) electrons. The predicted molar refractivity (Wildman–Crippen MR) is 173 cm³/mol. The molecule has 2 aromatic heterocycles. The number of benzene rings is 6. The topological polar surface area (TPSA) is 23.8 Å². The second-order valence-electron chi connectivity index (χ2n) is 10.0. The van der Waals surface area contributed by atoms with Gasteiger partial charge in [0.25, 0.3) is 0 Å². The summed E-state index contributed by atoms with van der Waals surface area (Å²) in [4.78, 5) is 0. The first-order valence-electron chi connectivity index (χ1n) is 13.2. The number of nitrogens with zero attached hydrogens (tertiary/aromatic N) is 1. The lowest BCUT2D eigenvalue weighted by Gasteiger charge is -2.14. The van der Waals surface area contributed by atoms with Crippen molar-refractivity contribution in [2.45, 2.75) is 0 Å². The van der Waals surface area contributed by atoms with Crippen LogP contribution < -0.4 is 0 Å². The van der Waals surface area contributed by atoms with Gasteiger partial charge in [0.2, 0.25) is 0 Å². The first-order chi connectivity index (χ1) is 19.8. The van der Waals surface area contributed by atoms with Crippen molar-refractivity contribution < 1.29 is 0 Å². The Bertz CT molecular complexity index is 2290. The summed E-state index contributed by atoms with van der Waals surface area (Å²) in [5.41, 5.74) is 7.46. The van der Waals surface area contributed by atoms with Gasteiger partial charge in [-0.1, -0.05) is 84.9 Å². The van der Waals surface area contributed by atoms with E-state index in [4.69, 9.17) is 0 Å². The Labute approximate surface area is 239 Å². The molecule has 0 aliphatic rings. The molecule has 0 N–H and O–H groups in total. The van der Waals surface area contributed by atoms with Crippen LogP contribution in [0.1, 0.15) is 5.56 Å². The van der Waals surface area contributed by atoms with Crippen molar-refractivity contribution in [2.75, 3.05) is 0 Å². The Balaban J connectivity index is 1.46. The molecule has 0 fully saturated rings. The van der Waals surface area contributed by atoms with E-state index in [1.807, 2.05) is 40.9 Å². The van der Waals surface area contributed by atoms with Gasteiger partial charge in [-0.25, -0.2) is 0 Å². The second-order valence-corrected chi connectivity index (χ2v) is 12.1. The number of fused-ring (bicyclic) bond motifs is 6. The molecule has 8 rings (SSSR count). The molecule has 6 aromatic carbocycles. The van der Waals surface area contributed by atoms with Gasteiger partial charge in [0.15, 0.2) is 0 Å². The maximum atomic E-state index is 9.96. The lowest BCUT2D eigenvalue weighted by atomic mass is 9.90. The van der Waals surface area contributed by atoms with Crippen molar-refractivity contribution in [3.8, 4) is 39.4 Å². The fourth-order valence-electron chi connectivity index (χ4n) is 5.92. The Kier molecular flexibility index (Phi) is 5.31. The van der Waals surface area contributed by atoms with Crippen molar-refractivity contribution >= 4 is 63.0 Å². The molecule has 0 saturated heterocycles. The third-order valence-electron chi connectivity index (χ3n) is 7.72. The molecule has 0 saturated carbocycles. The summed E-state index contributed by atoms with van der Waals surface area (Å²) < 4.78 is 5.17. The fraction of sp³-hybridized carbons (Fsp3) is 0. The zero-order chi connectivity index (χ0) is 26.6. The van der Waals surface area contributed by atoms with E-state index in [2.05, 4.69) is 115 Å². The third kappa shape index (κ3) is 3.58. The minimum absolute atomic E-state index is 0.685. The molecule has 3 heteroatoms. The first kappa shape index (κ1) is 23.2. The maximum Gasteiger partial charge on any atom is 0.0998 e. The number of nitriles is 1. The summed E-state index contributed by atoms with van der Waals surface area (Å²) >= 11 is 3.69. The molecule has 2 heterocycles. The third-order valence-corrected chi connectivity index (χ3v) is 10.1. The van der Waals surface area contributed by atoms with Crippen LogP contribution in [0.3, 0.4) is 0 Å². The van der Waals surface area contributed by atoms with Gasteiger partial charge in [-0.15, -0.1) is 22.7 Å². The summed E-state index contributed by atoms with van der Waals surface area (Å²) in [6.45, 7) is 0.